The molecular weight excluding hydrogens is 446 g/mol. The highest BCUT2D eigenvalue weighted by Gasteiger charge is 2.32. The molecule has 0 amide bonds. The fraction of sp³-hybridized carbons (Fsp3) is 0.692. The first-order chi connectivity index (χ1) is 16.0. The fourth-order valence-corrected chi connectivity index (χ4v) is 8.79. The van der Waals surface area contributed by atoms with E-state index in [2.05, 4.69) is 40.0 Å². The molecule has 0 saturated carbocycles. The Hall–Kier alpha value is -1.15. The van der Waals surface area contributed by atoms with Crippen molar-refractivity contribution in [2.24, 2.45) is 5.92 Å². The van der Waals surface area contributed by atoms with Crippen LogP contribution in [0.4, 0.5) is 0 Å². The number of thioether (sulfide) groups is 1. The molecule has 2 N–H and O–H groups in total. The van der Waals surface area contributed by atoms with E-state index in [-0.39, 0.29) is 0 Å². The van der Waals surface area contributed by atoms with Crippen LogP contribution in [0.3, 0.4) is 0 Å². The first kappa shape index (κ1) is 23.6. The third kappa shape index (κ3) is 4.84. The van der Waals surface area contributed by atoms with Crippen molar-refractivity contribution in [3.63, 3.8) is 0 Å². The summed E-state index contributed by atoms with van der Waals surface area (Å²) in [5, 5.41) is 17.7. The molecule has 7 heteroatoms. The Morgan fingerprint density at radius 1 is 1.09 bits per heavy atom. The number of thiophene rings is 1. The number of hydrogen-bond acceptors (Lipinski definition) is 6. The van der Waals surface area contributed by atoms with Crippen LogP contribution in [0.25, 0.3) is 0 Å². The van der Waals surface area contributed by atoms with E-state index in [0.29, 0.717) is 17.6 Å². The molecule has 4 aliphatic rings. The summed E-state index contributed by atoms with van der Waals surface area (Å²) in [6.45, 7) is 8.83. The van der Waals surface area contributed by atoms with Crippen molar-refractivity contribution in [2.75, 3.05) is 45.5 Å². The molecule has 1 aromatic heterocycles. The maximum Gasteiger partial charge on any atom is 0.130 e. The second-order valence-corrected chi connectivity index (χ2v) is 12.5. The van der Waals surface area contributed by atoms with Gasteiger partial charge in [0.25, 0.3) is 0 Å². The van der Waals surface area contributed by atoms with Gasteiger partial charge in [0.15, 0.2) is 0 Å². The summed E-state index contributed by atoms with van der Waals surface area (Å²) < 4.78 is 0. The van der Waals surface area contributed by atoms with Gasteiger partial charge in [-0.15, -0.1) is 23.1 Å². The molecule has 5 nitrogen and oxygen atoms in total. The molecule has 1 fully saturated rings. The summed E-state index contributed by atoms with van der Waals surface area (Å²) in [5.41, 5.74) is 4.55. The highest BCUT2D eigenvalue weighted by atomic mass is 32.2. The van der Waals surface area contributed by atoms with Crippen molar-refractivity contribution in [3.05, 3.63) is 31.4 Å². The van der Waals surface area contributed by atoms with Gasteiger partial charge in [-0.1, -0.05) is 6.92 Å². The SMILES string of the molecule is CCc1c(CCN2CCC(C(=N)N3CCCC4=C(CCS4)C3=N)CC2)sc2c1CCN(C)C2. The molecule has 0 spiro atoms. The molecular formula is C26H39N5S2. The number of rotatable bonds is 5. The summed E-state index contributed by atoms with van der Waals surface area (Å²) in [5.74, 6) is 2.79. The molecule has 0 aromatic carbocycles. The molecule has 180 valence electrons. The van der Waals surface area contributed by atoms with Crippen LogP contribution in [0.2, 0.25) is 0 Å². The predicted molar refractivity (Wildman–Crippen MR) is 142 cm³/mol. The van der Waals surface area contributed by atoms with Crippen molar-refractivity contribution in [1.29, 1.82) is 10.8 Å². The smallest absolute Gasteiger partial charge is 0.130 e. The maximum absolute atomic E-state index is 8.94. The van der Waals surface area contributed by atoms with Crippen LogP contribution in [0.5, 0.6) is 0 Å². The topological polar surface area (TPSA) is 57.4 Å². The minimum atomic E-state index is 0.314. The van der Waals surface area contributed by atoms with Gasteiger partial charge < -0.3 is 14.7 Å². The van der Waals surface area contributed by atoms with Crippen LogP contribution in [0.1, 0.15) is 59.9 Å². The molecule has 33 heavy (non-hydrogen) atoms. The Kier molecular flexibility index (Phi) is 7.31. The largest absolute Gasteiger partial charge is 0.315 e. The number of fused-ring (bicyclic) bond motifs is 1. The minimum absolute atomic E-state index is 0.314. The van der Waals surface area contributed by atoms with Gasteiger partial charge in [-0.2, -0.15) is 0 Å². The molecule has 0 unspecified atom stereocenters. The van der Waals surface area contributed by atoms with Crippen LogP contribution < -0.4 is 0 Å². The van der Waals surface area contributed by atoms with E-state index < -0.39 is 0 Å². The Morgan fingerprint density at radius 2 is 1.91 bits per heavy atom. The zero-order chi connectivity index (χ0) is 22.9. The normalized spacial score (nSPS) is 23.1. The average molecular weight is 486 g/mol. The number of likely N-dealkylation sites (tertiary alicyclic amines) is 1. The fourth-order valence-electron chi connectivity index (χ4n) is 6.07. The highest BCUT2D eigenvalue weighted by molar-refractivity contribution is 8.03. The van der Waals surface area contributed by atoms with E-state index in [1.54, 1.807) is 20.9 Å². The van der Waals surface area contributed by atoms with Crippen LogP contribution in [-0.2, 0) is 25.8 Å². The van der Waals surface area contributed by atoms with E-state index in [4.69, 9.17) is 10.8 Å². The second-order valence-electron chi connectivity index (χ2n) is 10.1. The highest BCUT2D eigenvalue weighted by Crippen LogP contribution is 2.38. The first-order valence-electron chi connectivity index (χ1n) is 12.9. The van der Waals surface area contributed by atoms with Gasteiger partial charge in [0.1, 0.15) is 11.7 Å². The zero-order valence-corrected chi connectivity index (χ0v) is 22.0. The molecule has 0 atom stereocenters. The number of amidine groups is 2. The zero-order valence-electron chi connectivity index (χ0n) is 20.3. The predicted octanol–water partition coefficient (Wildman–Crippen LogP) is 4.99. The molecule has 1 saturated heterocycles. The number of piperidine rings is 1. The molecule has 5 rings (SSSR count). The van der Waals surface area contributed by atoms with Gasteiger partial charge in [-0.25, -0.2) is 0 Å². The number of nitrogens with zero attached hydrogens (tertiary/aromatic N) is 3. The van der Waals surface area contributed by atoms with Crippen molar-refractivity contribution >= 4 is 34.8 Å². The summed E-state index contributed by atoms with van der Waals surface area (Å²) in [7, 11) is 2.24. The number of hydrogen-bond donors (Lipinski definition) is 2. The molecule has 0 bridgehead atoms. The summed E-state index contributed by atoms with van der Waals surface area (Å²) in [4.78, 5) is 11.8. The van der Waals surface area contributed by atoms with Gasteiger partial charge in [-0.3, -0.25) is 10.8 Å². The Morgan fingerprint density at radius 3 is 2.70 bits per heavy atom. The van der Waals surface area contributed by atoms with Gasteiger partial charge in [-0.05, 0) is 87.5 Å². The lowest BCUT2D eigenvalue weighted by Crippen LogP contribution is -2.45. The molecule has 5 heterocycles. The summed E-state index contributed by atoms with van der Waals surface area (Å²) >= 11 is 4.02. The van der Waals surface area contributed by atoms with Crippen molar-refractivity contribution in [1.82, 2.24) is 14.7 Å². The van der Waals surface area contributed by atoms with Crippen LogP contribution in [-0.4, -0.2) is 71.9 Å². The van der Waals surface area contributed by atoms with E-state index in [9.17, 15) is 0 Å². The molecule has 0 radical (unpaired) electrons. The first-order valence-corrected chi connectivity index (χ1v) is 14.7. The van der Waals surface area contributed by atoms with E-state index >= 15 is 0 Å². The monoisotopic (exact) mass is 485 g/mol. The van der Waals surface area contributed by atoms with E-state index in [0.717, 1.165) is 70.6 Å². The standard InChI is InChI=1S/C26H39N5S2/c1-3-19-20-8-12-29(2)17-24(20)33-23(19)9-15-30-13-6-18(7-14-30)25(27)31-11-4-5-22-21(26(31)28)10-16-32-22/h18,27-28H,3-17H2,1-2H3. The Balaban J connectivity index is 1.15. The number of nitrogens with one attached hydrogen (secondary N) is 2. The summed E-state index contributed by atoms with van der Waals surface area (Å²) in [6.07, 6.45) is 8.90. The lowest BCUT2D eigenvalue weighted by molar-refractivity contribution is 0.207. The van der Waals surface area contributed by atoms with Gasteiger partial charge in [0.2, 0.25) is 0 Å². The summed E-state index contributed by atoms with van der Waals surface area (Å²) in [6, 6.07) is 0. The van der Waals surface area contributed by atoms with E-state index in [1.165, 1.54) is 36.3 Å². The molecule has 4 aliphatic heterocycles. The lowest BCUT2D eigenvalue weighted by Gasteiger charge is -2.36. The lowest BCUT2D eigenvalue weighted by atomic mass is 9.94. The maximum atomic E-state index is 8.94. The Labute approximate surface area is 207 Å². The van der Waals surface area contributed by atoms with Gasteiger partial charge in [0.05, 0.1) is 0 Å². The van der Waals surface area contributed by atoms with Crippen molar-refractivity contribution in [2.45, 2.75) is 64.8 Å². The molecule has 1 aromatic rings. The third-order valence-corrected chi connectivity index (χ3v) is 10.5. The van der Waals surface area contributed by atoms with Crippen LogP contribution in [0, 0.1) is 16.7 Å². The second kappa shape index (κ2) is 10.2. The van der Waals surface area contributed by atoms with Crippen molar-refractivity contribution < 1.29 is 0 Å². The van der Waals surface area contributed by atoms with Crippen LogP contribution in [0.15, 0.2) is 10.5 Å². The Bertz CT molecular complexity index is 941. The minimum Gasteiger partial charge on any atom is -0.315 e. The van der Waals surface area contributed by atoms with Crippen molar-refractivity contribution in [3.8, 4) is 0 Å². The van der Waals surface area contributed by atoms with Crippen LogP contribution >= 0.6 is 23.1 Å². The average Bonchev–Trinajstić information content (AvgIpc) is 3.39. The molecule has 0 aliphatic carbocycles. The quantitative estimate of drug-likeness (QED) is 0.455. The van der Waals surface area contributed by atoms with E-state index in [1.807, 2.05) is 11.8 Å². The third-order valence-electron chi connectivity index (χ3n) is 8.02. The number of allylic oxidation sites excluding steroid dienone is 1. The number of likely N-dealkylation sites (N-methyl/N-ethyl adjacent to an activating group) is 1. The van der Waals surface area contributed by atoms with Gasteiger partial charge in [0, 0.05) is 53.2 Å². The van der Waals surface area contributed by atoms with Gasteiger partial charge >= 0.3 is 0 Å².